The molecule has 6 aliphatic carbocycles. The van der Waals surface area contributed by atoms with Gasteiger partial charge in [0.1, 0.15) is 17.7 Å². The number of halogens is 1. The molecule has 6 nitrogen and oxygen atoms in total. The highest BCUT2D eigenvalue weighted by molar-refractivity contribution is 5.84. The molecule has 1 aromatic heterocycles. The van der Waals surface area contributed by atoms with Crippen molar-refractivity contribution in [1.29, 1.82) is 0 Å². The van der Waals surface area contributed by atoms with Crippen molar-refractivity contribution in [3.05, 3.63) is 42.1 Å². The monoisotopic (exact) mass is 725 g/mol. The third kappa shape index (κ3) is 5.02. The van der Waals surface area contributed by atoms with E-state index in [1.807, 2.05) is 12.3 Å². The highest BCUT2D eigenvalue weighted by atomic mass is 19.1. The van der Waals surface area contributed by atoms with Gasteiger partial charge in [0.2, 0.25) is 5.91 Å². The van der Waals surface area contributed by atoms with E-state index in [-0.39, 0.29) is 51.0 Å². The van der Waals surface area contributed by atoms with Gasteiger partial charge in [-0.15, -0.1) is 0 Å². The summed E-state index contributed by atoms with van der Waals surface area (Å²) < 4.78 is 20.1. The van der Waals surface area contributed by atoms with Gasteiger partial charge in [0.15, 0.2) is 0 Å². The fourth-order valence-electron chi connectivity index (χ4n) is 15.6. The van der Waals surface area contributed by atoms with Crippen LogP contribution >= 0.6 is 0 Å². The minimum atomic E-state index is -0.296. The van der Waals surface area contributed by atoms with E-state index in [0.29, 0.717) is 40.9 Å². The van der Waals surface area contributed by atoms with E-state index in [4.69, 9.17) is 9.72 Å². The normalized spacial score (nSPS) is 43.6. The highest BCUT2D eigenvalue weighted by Gasteiger charge is 2.74. The number of hydrogen-bond donors (Lipinski definition) is 1. The molecule has 0 bridgehead atoms. The number of H-pyrrole nitrogens is 1. The first kappa shape index (κ1) is 36.0. The summed E-state index contributed by atoms with van der Waals surface area (Å²) in [5, 5.41) is 0. The Bertz CT molecular complexity index is 1800. The number of ether oxygens (including phenoxy) is 1. The Kier molecular flexibility index (Phi) is 8.08. The summed E-state index contributed by atoms with van der Waals surface area (Å²) in [4.78, 5) is 38.3. The largest absolute Gasteiger partial charge is 0.462 e. The number of nitrogens with one attached hydrogen (secondary N) is 1. The van der Waals surface area contributed by atoms with Crippen molar-refractivity contribution >= 4 is 11.9 Å². The molecule has 2 aromatic rings. The molecule has 0 unspecified atom stereocenters. The topological polar surface area (TPSA) is 75.3 Å². The molecule has 6 saturated carbocycles. The van der Waals surface area contributed by atoms with Crippen molar-refractivity contribution in [3.63, 3.8) is 0 Å². The molecule has 0 spiro atoms. The fraction of sp³-hybridized carbons (Fsp3) is 0.761. The Balaban J connectivity index is 1.04. The predicted octanol–water partition coefficient (Wildman–Crippen LogP) is 10.7. The molecule has 1 amide bonds. The van der Waals surface area contributed by atoms with Crippen LogP contribution in [0.5, 0.6) is 0 Å². The number of benzene rings is 1. The first-order valence-electron chi connectivity index (χ1n) is 21.4. The van der Waals surface area contributed by atoms with Crippen LogP contribution in [0, 0.1) is 67.9 Å². The van der Waals surface area contributed by atoms with Gasteiger partial charge in [0.25, 0.3) is 0 Å². The lowest BCUT2D eigenvalue weighted by Gasteiger charge is -2.73. The van der Waals surface area contributed by atoms with Gasteiger partial charge in [-0.05, 0) is 153 Å². The van der Waals surface area contributed by atoms with Gasteiger partial charge >= 0.3 is 5.97 Å². The smallest absolute Gasteiger partial charge is 0.302 e. The van der Waals surface area contributed by atoms with Crippen LogP contribution in [-0.4, -0.2) is 39.4 Å². The maximum absolute atomic E-state index is 15.6. The summed E-state index contributed by atoms with van der Waals surface area (Å²) >= 11 is 0. The second-order valence-corrected chi connectivity index (χ2v) is 21.0. The number of aromatic nitrogens is 2. The number of fused-ring (bicyclic) bond motifs is 7. The minimum Gasteiger partial charge on any atom is -0.462 e. The molecule has 0 radical (unpaired) electrons. The van der Waals surface area contributed by atoms with E-state index in [9.17, 15) is 9.18 Å². The molecule has 9 rings (SSSR count). The second-order valence-electron chi connectivity index (χ2n) is 21.0. The average molecular weight is 726 g/mol. The molecular formula is C46H64FN3O3. The van der Waals surface area contributed by atoms with Crippen molar-refractivity contribution in [3.8, 4) is 11.3 Å². The van der Waals surface area contributed by atoms with Crippen molar-refractivity contribution in [2.24, 2.45) is 62.1 Å². The zero-order valence-electron chi connectivity index (χ0n) is 33.5. The van der Waals surface area contributed by atoms with Gasteiger partial charge in [-0.25, -0.2) is 9.37 Å². The predicted molar refractivity (Wildman–Crippen MR) is 205 cm³/mol. The van der Waals surface area contributed by atoms with Gasteiger partial charge in [0, 0.05) is 24.4 Å². The van der Waals surface area contributed by atoms with Gasteiger partial charge in [-0.3, -0.25) is 9.59 Å². The first-order valence-corrected chi connectivity index (χ1v) is 21.4. The van der Waals surface area contributed by atoms with Crippen LogP contribution in [0.25, 0.3) is 11.3 Å². The van der Waals surface area contributed by atoms with E-state index in [2.05, 4.69) is 51.4 Å². The number of aromatic amines is 1. The van der Waals surface area contributed by atoms with Crippen LogP contribution in [-0.2, 0) is 14.3 Å². The number of imidazole rings is 1. The second kappa shape index (κ2) is 11.9. The molecule has 2 heterocycles. The van der Waals surface area contributed by atoms with Gasteiger partial charge in [-0.1, -0.05) is 53.7 Å². The lowest BCUT2D eigenvalue weighted by molar-refractivity contribution is -0.251. The molecule has 288 valence electrons. The van der Waals surface area contributed by atoms with Crippen LogP contribution in [0.4, 0.5) is 4.39 Å². The lowest BCUT2D eigenvalue weighted by Crippen LogP contribution is -2.67. The Morgan fingerprint density at radius 1 is 0.849 bits per heavy atom. The molecular weight excluding hydrogens is 662 g/mol. The highest BCUT2D eigenvalue weighted by Crippen LogP contribution is 2.79. The number of carbonyl (C=O) groups is 2. The number of likely N-dealkylation sites (tertiary alicyclic amines) is 1. The first-order chi connectivity index (χ1) is 25.1. The summed E-state index contributed by atoms with van der Waals surface area (Å²) in [6.45, 7) is 17.7. The van der Waals surface area contributed by atoms with E-state index in [1.54, 1.807) is 19.1 Å². The van der Waals surface area contributed by atoms with Crippen LogP contribution in [0.2, 0.25) is 0 Å². The van der Waals surface area contributed by atoms with Gasteiger partial charge in [-0.2, -0.15) is 0 Å². The van der Waals surface area contributed by atoms with E-state index >= 15 is 4.79 Å². The Labute approximate surface area is 317 Å². The molecule has 11 atom stereocenters. The number of nitrogens with zero attached hydrogens (tertiary/aromatic N) is 2. The fourth-order valence-corrected chi connectivity index (χ4v) is 15.6. The minimum absolute atomic E-state index is 0.00212. The number of amides is 1. The summed E-state index contributed by atoms with van der Waals surface area (Å²) in [6.07, 6.45) is 17.7. The summed E-state index contributed by atoms with van der Waals surface area (Å²) in [6, 6.07) is 6.61. The third-order valence-corrected chi connectivity index (χ3v) is 18.6. The van der Waals surface area contributed by atoms with Gasteiger partial charge < -0.3 is 14.6 Å². The molecule has 1 aliphatic heterocycles. The van der Waals surface area contributed by atoms with E-state index in [1.165, 1.54) is 51.0 Å². The molecule has 7 fully saturated rings. The van der Waals surface area contributed by atoms with Crippen molar-refractivity contribution in [2.75, 3.05) is 6.54 Å². The quantitative estimate of drug-likeness (QED) is 0.311. The Morgan fingerprint density at radius 3 is 2.38 bits per heavy atom. The van der Waals surface area contributed by atoms with Crippen LogP contribution in [0.3, 0.4) is 0 Å². The lowest BCUT2D eigenvalue weighted by atomic mass is 9.32. The number of hydrogen-bond acceptors (Lipinski definition) is 4. The van der Waals surface area contributed by atoms with Crippen molar-refractivity contribution < 1.29 is 18.7 Å². The van der Waals surface area contributed by atoms with E-state index < -0.39 is 0 Å². The summed E-state index contributed by atoms with van der Waals surface area (Å²) in [7, 11) is 0. The van der Waals surface area contributed by atoms with Crippen LogP contribution < -0.4 is 0 Å². The van der Waals surface area contributed by atoms with Crippen molar-refractivity contribution in [2.45, 2.75) is 151 Å². The van der Waals surface area contributed by atoms with Gasteiger partial charge in [0.05, 0.1) is 23.3 Å². The summed E-state index contributed by atoms with van der Waals surface area (Å²) in [5.41, 5.74) is 2.26. The molecule has 1 N–H and O–H groups in total. The maximum Gasteiger partial charge on any atom is 0.302 e. The molecule has 1 saturated heterocycles. The zero-order chi connectivity index (χ0) is 37.3. The third-order valence-electron chi connectivity index (χ3n) is 18.6. The maximum atomic E-state index is 15.6. The standard InChI is InChI=1S/C46H64FN3O3/c1-28(51)53-37-17-18-43(5)35(41(37,2)3)16-19-45(7)36(43)14-13-32-38-31(42(4)21-22-42)15-20-46(38,24-23-44(32,45)6)40(52)50-25-9-12-34(50)39-48-27-33(49-39)29-10-8-11-30(47)26-29/h8,10-11,26-27,31-32,34-38H,9,12-25H2,1-7H3,(H,48,49)/t31-,32-,34+,35+,36-,37+,38-,43+,44-,45-,46+/m1/s1. The molecule has 7 aliphatic rings. The number of rotatable bonds is 5. The van der Waals surface area contributed by atoms with Crippen LogP contribution in [0.15, 0.2) is 30.5 Å². The molecule has 7 heteroatoms. The Hall–Kier alpha value is -2.70. The van der Waals surface area contributed by atoms with Crippen LogP contribution in [0.1, 0.15) is 150 Å². The molecule has 1 aromatic carbocycles. The molecule has 53 heavy (non-hydrogen) atoms. The average Bonchev–Trinajstić information content (AvgIpc) is 3.49. The zero-order valence-corrected chi connectivity index (χ0v) is 33.5. The SMILES string of the molecule is CC(=O)O[C@H]1CC[C@]2(C)[C@H]3CC[C@@H]4[C@H]5[C@H](C6(C)CC6)CC[C@]5(C(=O)N5CCC[C@H]5c5ncc(-c6cccc(F)c6)[nH]5)CC[C@@]4(C)[C@]3(C)CC[C@H]2C1(C)C. The number of esters is 1. The van der Waals surface area contributed by atoms with Crippen molar-refractivity contribution in [1.82, 2.24) is 14.9 Å². The Morgan fingerprint density at radius 2 is 1.64 bits per heavy atom. The van der Waals surface area contributed by atoms with E-state index in [0.717, 1.165) is 68.6 Å². The summed E-state index contributed by atoms with van der Waals surface area (Å²) in [5.74, 6) is 3.64. The number of carbonyl (C=O) groups excluding carboxylic acids is 2.